The van der Waals surface area contributed by atoms with Crippen LogP contribution >= 0.6 is 23.1 Å². The van der Waals surface area contributed by atoms with Crippen molar-refractivity contribution in [2.45, 2.75) is 31.3 Å². The van der Waals surface area contributed by atoms with Crippen molar-refractivity contribution in [3.05, 3.63) is 62.8 Å². The first-order valence-corrected chi connectivity index (χ1v) is 14.8. The Balaban J connectivity index is 1.39. The van der Waals surface area contributed by atoms with Crippen molar-refractivity contribution in [3.8, 4) is 28.7 Å². The van der Waals surface area contributed by atoms with Gasteiger partial charge >= 0.3 is 0 Å². The molecule has 1 amide bonds. The van der Waals surface area contributed by atoms with E-state index in [-0.39, 0.29) is 17.2 Å². The van der Waals surface area contributed by atoms with E-state index in [4.69, 9.17) is 23.9 Å². The molecule has 0 radical (unpaired) electrons. The van der Waals surface area contributed by atoms with Gasteiger partial charge in [0.2, 0.25) is 0 Å². The number of benzene rings is 2. The van der Waals surface area contributed by atoms with E-state index < -0.39 is 0 Å². The number of carbonyl (C=O) groups is 1. The van der Waals surface area contributed by atoms with E-state index >= 15 is 0 Å². The van der Waals surface area contributed by atoms with Gasteiger partial charge in [0, 0.05) is 17.0 Å². The van der Waals surface area contributed by atoms with Crippen molar-refractivity contribution >= 4 is 45.4 Å². The summed E-state index contributed by atoms with van der Waals surface area (Å²) in [4.78, 5) is 33.4. The van der Waals surface area contributed by atoms with E-state index in [1.165, 1.54) is 37.1 Å². The molecule has 0 bridgehead atoms. The minimum absolute atomic E-state index is 0.00567. The molecule has 0 spiro atoms. The molecule has 12 heteroatoms. The fourth-order valence-corrected chi connectivity index (χ4v) is 6.81. The summed E-state index contributed by atoms with van der Waals surface area (Å²) in [5, 5.41) is 5.21. The Morgan fingerprint density at radius 3 is 2.49 bits per heavy atom. The van der Waals surface area contributed by atoms with Crippen LogP contribution in [0.25, 0.3) is 15.9 Å². The van der Waals surface area contributed by atoms with Crippen LogP contribution in [-0.4, -0.2) is 55.4 Å². The molecule has 41 heavy (non-hydrogen) atoms. The van der Waals surface area contributed by atoms with Gasteiger partial charge in [-0.05, 0) is 56.0 Å². The van der Waals surface area contributed by atoms with Gasteiger partial charge in [-0.2, -0.15) is 5.10 Å². The summed E-state index contributed by atoms with van der Waals surface area (Å²) < 4.78 is 23.3. The standard InChI is InChI=1S/C29H30N4O6S2/c1-5-39-18-11-9-17(10-12-18)33-28(35)26-20-7-6-8-24(20)41-27(26)31-29(33)40-16-25(34)32-30-15-21-22(37-3)13-19(36-2)14-23(21)38-4/h9-15H,5-8,16H2,1-4H3,(H,32,34). The van der Waals surface area contributed by atoms with Crippen molar-refractivity contribution in [3.63, 3.8) is 0 Å². The van der Waals surface area contributed by atoms with Crippen LogP contribution in [0.2, 0.25) is 0 Å². The summed E-state index contributed by atoms with van der Waals surface area (Å²) >= 11 is 2.74. The van der Waals surface area contributed by atoms with Crippen LogP contribution in [0.5, 0.6) is 23.0 Å². The van der Waals surface area contributed by atoms with Gasteiger partial charge in [0.1, 0.15) is 27.8 Å². The lowest BCUT2D eigenvalue weighted by molar-refractivity contribution is -0.118. The Kier molecular flexibility index (Phi) is 8.79. The van der Waals surface area contributed by atoms with Gasteiger partial charge in [0.25, 0.3) is 11.5 Å². The molecule has 1 aliphatic carbocycles. The number of carbonyl (C=O) groups excluding carboxylic acids is 1. The van der Waals surface area contributed by atoms with Crippen LogP contribution in [0.3, 0.4) is 0 Å². The molecule has 2 aromatic heterocycles. The maximum Gasteiger partial charge on any atom is 0.267 e. The predicted octanol–water partition coefficient (Wildman–Crippen LogP) is 4.60. The molecule has 0 saturated carbocycles. The predicted molar refractivity (Wildman–Crippen MR) is 161 cm³/mol. The van der Waals surface area contributed by atoms with Crippen LogP contribution in [0.4, 0.5) is 0 Å². The highest BCUT2D eigenvalue weighted by Gasteiger charge is 2.24. The van der Waals surface area contributed by atoms with E-state index in [1.54, 1.807) is 35.1 Å². The maximum atomic E-state index is 13.8. The molecule has 10 nitrogen and oxygen atoms in total. The fraction of sp³-hybridized carbons (Fsp3) is 0.310. The number of hydrogen-bond acceptors (Lipinski definition) is 10. The Hall–Kier alpha value is -4.03. The highest BCUT2D eigenvalue weighted by Crippen LogP contribution is 2.36. The minimum Gasteiger partial charge on any atom is -0.496 e. The number of thioether (sulfide) groups is 1. The lowest BCUT2D eigenvalue weighted by Crippen LogP contribution is -2.24. The van der Waals surface area contributed by atoms with Crippen LogP contribution in [0.15, 0.2) is 51.5 Å². The number of aryl methyl sites for hydroxylation is 2. The van der Waals surface area contributed by atoms with Gasteiger partial charge in [0.15, 0.2) is 5.16 Å². The summed E-state index contributed by atoms with van der Waals surface area (Å²) in [6.45, 7) is 2.46. The zero-order chi connectivity index (χ0) is 28.9. The van der Waals surface area contributed by atoms with Gasteiger partial charge in [0.05, 0.1) is 56.5 Å². The fourth-order valence-electron chi connectivity index (χ4n) is 4.70. The second-order valence-electron chi connectivity index (χ2n) is 9.03. The topological polar surface area (TPSA) is 113 Å². The number of fused-ring (bicyclic) bond motifs is 3. The minimum atomic E-state index is -0.362. The highest BCUT2D eigenvalue weighted by molar-refractivity contribution is 7.99. The number of methoxy groups -OCH3 is 3. The van der Waals surface area contributed by atoms with Gasteiger partial charge < -0.3 is 18.9 Å². The molecule has 0 fully saturated rings. The molecule has 4 aromatic rings. The second kappa shape index (κ2) is 12.6. The van der Waals surface area contributed by atoms with Gasteiger partial charge in [-0.3, -0.25) is 14.2 Å². The number of rotatable bonds is 11. The number of hydrogen-bond donors (Lipinski definition) is 1. The van der Waals surface area contributed by atoms with E-state index in [1.807, 2.05) is 31.2 Å². The molecule has 0 aliphatic heterocycles. The summed E-state index contributed by atoms with van der Waals surface area (Å²) in [7, 11) is 4.60. The number of thiophene rings is 1. The summed E-state index contributed by atoms with van der Waals surface area (Å²) in [5.74, 6) is 1.87. The van der Waals surface area contributed by atoms with E-state index in [9.17, 15) is 9.59 Å². The van der Waals surface area contributed by atoms with Crippen molar-refractivity contribution in [1.82, 2.24) is 15.0 Å². The highest BCUT2D eigenvalue weighted by atomic mass is 32.2. The molecule has 0 saturated heterocycles. The quantitative estimate of drug-likeness (QED) is 0.116. The molecule has 1 aliphatic rings. The Morgan fingerprint density at radius 1 is 1.10 bits per heavy atom. The van der Waals surface area contributed by atoms with E-state index in [0.717, 1.165) is 24.8 Å². The van der Waals surface area contributed by atoms with Crippen LogP contribution in [0, 0.1) is 0 Å². The average molecular weight is 595 g/mol. The molecule has 0 atom stereocenters. The number of nitrogens with one attached hydrogen (secondary N) is 1. The second-order valence-corrected chi connectivity index (χ2v) is 11.1. The number of nitrogens with zero attached hydrogens (tertiary/aromatic N) is 3. The first-order chi connectivity index (χ1) is 20.0. The van der Waals surface area contributed by atoms with Crippen molar-refractivity contribution in [2.75, 3.05) is 33.7 Å². The van der Waals surface area contributed by atoms with E-state index in [0.29, 0.717) is 56.2 Å². The smallest absolute Gasteiger partial charge is 0.267 e. The number of hydrazone groups is 1. The SMILES string of the molecule is CCOc1ccc(-n2c(SCC(=O)NN=Cc3c(OC)cc(OC)cc3OC)nc3sc4c(c3c2=O)CCC4)cc1. The van der Waals surface area contributed by atoms with Crippen LogP contribution < -0.4 is 29.9 Å². The van der Waals surface area contributed by atoms with Crippen LogP contribution in [-0.2, 0) is 17.6 Å². The largest absolute Gasteiger partial charge is 0.496 e. The molecule has 214 valence electrons. The molecule has 1 N–H and O–H groups in total. The summed E-state index contributed by atoms with van der Waals surface area (Å²) in [5.41, 5.74) is 4.72. The molecule has 2 heterocycles. The van der Waals surface area contributed by atoms with Gasteiger partial charge in [-0.1, -0.05) is 11.8 Å². The number of aromatic nitrogens is 2. The van der Waals surface area contributed by atoms with Crippen molar-refractivity contribution < 1.29 is 23.7 Å². The third-order valence-corrected chi connectivity index (χ3v) is 8.71. The monoisotopic (exact) mass is 594 g/mol. The van der Waals surface area contributed by atoms with Gasteiger partial charge in [-0.25, -0.2) is 10.4 Å². The third-order valence-electron chi connectivity index (χ3n) is 6.58. The number of ether oxygens (including phenoxy) is 4. The Labute approximate surface area is 245 Å². The molecule has 5 rings (SSSR count). The maximum absolute atomic E-state index is 13.8. The number of amides is 1. The average Bonchev–Trinajstić information content (AvgIpc) is 3.58. The normalized spacial score (nSPS) is 12.5. The molecule has 0 unspecified atom stereocenters. The van der Waals surface area contributed by atoms with E-state index in [2.05, 4.69) is 10.5 Å². The summed E-state index contributed by atoms with van der Waals surface area (Å²) in [6.07, 6.45) is 4.34. The Bertz CT molecular complexity index is 1640. The zero-order valence-corrected chi connectivity index (χ0v) is 24.8. The summed E-state index contributed by atoms with van der Waals surface area (Å²) in [6, 6.07) is 10.7. The molecular weight excluding hydrogens is 564 g/mol. The Morgan fingerprint density at radius 2 is 1.83 bits per heavy atom. The van der Waals surface area contributed by atoms with Crippen LogP contribution in [0.1, 0.15) is 29.3 Å². The lowest BCUT2D eigenvalue weighted by atomic mass is 10.2. The molecule has 2 aromatic carbocycles. The van der Waals surface area contributed by atoms with Gasteiger partial charge in [-0.15, -0.1) is 11.3 Å². The van der Waals surface area contributed by atoms with Crippen molar-refractivity contribution in [1.29, 1.82) is 0 Å². The third kappa shape index (κ3) is 5.89. The zero-order valence-electron chi connectivity index (χ0n) is 23.2. The molecular formula is C29H30N4O6S2. The first kappa shape index (κ1) is 28.5. The first-order valence-electron chi connectivity index (χ1n) is 13.0. The van der Waals surface area contributed by atoms with Crippen molar-refractivity contribution in [2.24, 2.45) is 5.10 Å². The lowest BCUT2D eigenvalue weighted by Gasteiger charge is -2.13.